The number of sulfonamides is 1. The molecule has 148 valence electrons. The minimum absolute atomic E-state index is 0.0799. The van der Waals surface area contributed by atoms with Gasteiger partial charge in [0.2, 0.25) is 10.0 Å². The first kappa shape index (κ1) is 19.2. The van der Waals surface area contributed by atoms with Gasteiger partial charge in [0, 0.05) is 17.6 Å². The average molecular weight is 397 g/mol. The van der Waals surface area contributed by atoms with Crippen molar-refractivity contribution in [2.75, 3.05) is 5.32 Å². The molecule has 4 nitrogen and oxygen atoms in total. The minimum atomic E-state index is -3.51. The van der Waals surface area contributed by atoms with Gasteiger partial charge in [0.15, 0.2) is 0 Å². The Labute approximate surface area is 168 Å². The van der Waals surface area contributed by atoms with E-state index in [0.717, 1.165) is 24.1 Å². The lowest BCUT2D eigenvalue weighted by Gasteiger charge is -2.38. The molecule has 5 heteroatoms. The van der Waals surface area contributed by atoms with E-state index in [4.69, 9.17) is 0 Å². The lowest BCUT2D eigenvalue weighted by molar-refractivity contribution is 0.424. The van der Waals surface area contributed by atoms with Crippen molar-refractivity contribution in [1.29, 1.82) is 0 Å². The van der Waals surface area contributed by atoms with Gasteiger partial charge in [-0.15, -0.1) is 0 Å². The molecular weight excluding hydrogens is 368 g/mol. The van der Waals surface area contributed by atoms with Crippen LogP contribution in [0.1, 0.15) is 55.3 Å². The molecule has 2 aromatic carbocycles. The summed E-state index contributed by atoms with van der Waals surface area (Å²) >= 11 is 0. The molecule has 28 heavy (non-hydrogen) atoms. The second-order valence-electron chi connectivity index (χ2n) is 8.01. The van der Waals surface area contributed by atoms with Crippen molar-refractivity contribution in [3.63, 3.8) is 0 Å². The van der Waals surface area contributed by atoms with E-state index >= 15 is 0 Å². The van der Waals surface area contributed by atoms with Crippen molar-refractivity contribution < 1.29 is 8.42 Å². The summed E-state index contributed by atoms with van der Waals surface area (Å²) in [6.07, 6.45) is 6.24. The van der Waals surface area contributed by atoms with Crippen LogP contribution in [0.15, 0.2) is 59.5 Å². The van der Waals surface area contributed by atoms with Crippen LogP contribution in [-0.2, 0) is 10.0 Å². The van der Waals surface area contributed by atoms with Crippen LogP contribution in [0.3, 0.4) is 0 Å². The molecule has 2 aromatic rings. The van der Waals surface area contributed by atoms with Crippen molar-refractivity contribution in [1.82, 2.24) is 4.72 Å². The third kappa shape index (κ3) is 3.38. The fourth-order valence-corrected chi connectivity index (χ4v) is 5.76. The van der Waals surface area contributed by atoms with E-state index in [2.05, 4.69) is 53.4 Å². The fraction of sp³-hybridized carbons (Fsp3) is 0.391. The Morgan fingerprint density at radius 3 is 2.71 bits per heavy atom. The van der Waals surface area contributed by atoms with Gasteiger partial charge in [-0.05, 0) is 67.5 Å². The zero-order chi connectivity index (χ0) is 19.9. The first-order valence-electron chi connectivity index (χ1n) is 10.1. The van der Waals surface area contributed by atoms with Crippen LogP contribution in [0.25, 0.3) is 0 Å². The number of hydrogen-bond acceptors (Lipinski definition) is 3. The molecule has 4 atom stereocenters. The highest BCUT2D eigenvalue weighted by Gasteiger charge is 2.38. The molecular formula is C23H28N2O2S. The number of rotatable bonds is 5. The van der Waals surface area contributed by atoms with Crippen LogP contribution in [0.2, 0.25) is 0 Å². The van der Waals surface area contributed by atoms with Gasteiger partial charge in [-0.1, -0.05) is 43.3 Å². The molecule has 4 rings (SSSR count). The largest absolute Gasteiger partial charge is 0.378 e. The maximum atomic E-state index is 12.8. The highest BCUT2D eigenvalue weighted by molar-refractivity contribution is 7.89. The lowest BCUT2D eigenvalue weighted by Crippen LogP contribution is -2.33. The highest BCUT2D eigenvalue weighted by atomic mass is 32.2. The van der Waals surface area contributed by atoms with E-state index in [1.165, 1.54) is 11.1 Å². The molecule has 0 bridgehead atoms. The van der Waals surface area contributed by atoms with Crippen molar-refractivity contribution in [3.8, 4) is 0 Å². The molecule has 1 aliphatic carbocycles. The Bertz CT molecular complexity index is 1010. The number of benzene rings is 2. The highest BCUT2D eigenvalue weighted by Crippen LogP contribution is 2.50. The van der Waals surface area contributed by atoms with Gasteiger partial charge in [0.05, 0.1) is 10.9 Å². The standard InChI is InChI=1S/C23H28N2O2S/c1-4-16(3)25-28(26,27)17-12-13-22-21(14-17)19-10-7-11-20(19)23(24-22)18-9-6-5-8-15(18)2/h5-10,12-14,16,19-20,23-25H,4,11H2,1-3H3. The monoisotopic (exact) mass is 396 g/mol. The summed E-state index contributed by atoms with van der Waals surface area (Å²) in [5.41, 5.74) is 4.71. The fourth-order valence-electron chi connectivity index (χ4n) is 4.40. The number of hydrogen-bond donors (Lipinski definition) is 2. The normalized spacial score (nSPS) is 24.3. The van der Waals surface area contributed by atoms with Crippen molar-refractivity contribution >= 4 is 15.7 Å². The Balaban J connectivity index is 1.72. The Morgan fingerprint density at radius 2 is 1.96 bits per heavy atom. The Kier molecular flexibility index (Phi) is 5.06. The van der Waals surface area contributed by atoms with E-state index in [9.17, 15) is 8.42 Å². The number of aryl methyl sites for hydroxylation is 1. The summed E-state index contributed by atoms with van der Waals surface area (Å²) in [4.78, 5) is 0.349. The molecule has 0 spiro atoms. The molecule has 0 radical (unpaired) electrons. The van der Waals surface area contributed by atoms with Gasteiger partial charge in [-0.3, -0.25) is 0 Å². The van der Waals surface area contributed by atoms with E-state index < -0.39 is 10.0 Å². The first-order chi connectivity index (χ1) is 13.4. The van der Waals surface area contributed by atoms with E-state index in [1.807, 2.05) is 26.0 Å². The number of allylic oxidation sites excluding steroid dienone is 2. The van der Waals surface area contributed by atoms with E-state index in [1.54, 1.807) is 6.07 Å². The summed E-state index contributed by atoms with van der Waals surface area (Å²) < 4.78 is 28.3. The van der Waals surface area contributed by atoms with E-state index in [-0.39, 0.29) is 18.0 Å². The van der Waals surface area contributed by atoms with Crippen molar-refractivity contribution in [2.45, 2.75) is 56.5 Å². The third-order valence-corrected chi connectivity index (χ3v) is 7.72. The molecule has 0 saturated heterocycles. The second-order valence-corrected chi connectivity index (χ2v) is 9.73. The van der Waals surface area contributed by atoms with Crippen molar-refractivity contribution in [3.05, 3.63) is 71.3 Å². The zero-order valence-electron chi connectivity index (χ0n) is 16.6. The van der Waals surface area contributed by atoms with Crippen LogP contribution < -0.4 is 10.0 Å². The predicted molar refractivity (Wildman–Crippen MR) is 114 cm³/mol. The molecule has 0 amide bonds. The summed E-state index contributed by atoms with van der Waals surface area (Å²) in [7, 11) is -3.51. The molecule has 0 fully saturated rings. The quantitative estimate of drug-likeness (QED) is 0.707. The maximum absolute atomic E-state index is 12.8. The van der Waals surface area contributed by atoms with E-state index in [0.29, 0.717) is 10.8 Å². The molecule has 1 heterocycles. The predicted octanol–water partition coefficient (Wildman–Crippen LogP) is 4.90. The van der Waals surface area contributed by atoms with Gasteiger partial charge in [0.25, 0.3) is 0 Å². The number of nitrogens with one attached hydrogen (secondary N) is 2. The number of anilines is 1. The van der Waals surface area contributed by atoms with Gasteiger partial charge in [-0.25, -0.2) is 13.1 Å². The molecule has 2 N–H and O–H groups in total. The summed E-state index contributed by atoms with van der Waals surface area (Å²) in [5, 5.41) is 3.70. The molecule has 2 aliphatic rings. The lowest BCUT2D eigenvalue weighted by atomic mass is 9.76. The van der Waals surface area contributed by atoms with Crippen LogP contribution in [0, 0.1) is 12.8 Å². The summed E-state index contributed by atoms with van der Waals surface area (Å²) in [5.74, 6) is 0.633. The Morgan fingerprint density at radius 1 is 1.18 bits per heavy atom. The molecule has 0 saturated carbocycles. The third-order valence-electron chi connectivity index (χ3n) is 6.14. The molecule has 1 aliphatic heterocycles. The van der Waals surface area contributed by atoms with Crippen LogP contribution in [0.5, 0.6) is 0 Å². The average Bonchev–Trinajstić information content (AvgIpc) is 3.17. The Hall–Kier alpha value is -2.11. The smallest absolute Gasteiger partial charge is 0.240 e. The number of fused-ring (bicyclic) bond motifs is 3. The SMILES string of the molecule is CCC(C)NS(=O)(=O)c1ccc2c(c1)C1C=CCC1C(c1ccccc1C)N2. The zero-order valence-corrected chi connectivity index (χ0v) is 17.5. The maximum Gasteiger partial charge on any atom is 0.240 e. The second kappa shape index (κ2) is 7.37. The van der Waals surface area contributed by atoms with Gasteiger partial charge < -0.3 is 5.32 Å². The van der Waals surface area contributed by atoms with Gasteiger partial charge in [0.1, 0.15) is 0 Å². The first-order valence-corrected chi connectivity index (χ1v) is 11.5. The topological polar surface area (TPSA) is 58.2 Å². The van der Waals surface area contributed by atoms with Gasteiger partial charge in [-0.2, -0.15) is 0 Å². The molecule has 4 unspecified atom stereocenters. The summed E-state index contributed by atoms with van der Waals surface area (Å²) in [6, 6.07) is 14.2. The van der Waals surface area contributed by atoms with Crippen LogP contribution in [0.4, 0.5) is 5.69 Å². The minimum Gasteiger partial charge on any atom is -0.378 e. The van der Waals surface area contributed by atoms with Gasteiger partial charge >= 0.3 is 0 Å². The summed E-state index contributed by atoms with van der Waals surface area (Å²) in [6.45, 7) is 6.02. The molecule has 0 aromatic heterocycles. The van der Waals surface area contributed by atoms with Crippen molar-refractivity contribution in [2.24, 2.45) is 5.92 Å². The van der Waals surface area contributed by atoms with Crippen LogP contribution in [-0.4, -0.2) is 14.5 Å². The van der Waals surface area contributed by atoms with Crippen LogP contribution >= 0.6 is 0 Å².